The highest BCUT2D eigenvalue weighted by Gasteiger charge is 2.39. The van der Waals surface area contributed by atoms with Crippen molar-refractivity contribution in [1.29, 1.82) is 0 Å². The normalized spacial score (nSPS) is 14.8. The minimum absolute atomic E-state index is 0.0760. The number of terminal acetylenes is 1. The van der Waals surface area contributed by atoms with E-state index in [9.17, 15) is 0 Å². The summed E-state index contributed by atoms with van der Waals surface area (Å²) in [6.45, 7) is 13.6. The summed E-state index contributed by atoms with van der Waals surface area (Å²) < 4.78 is 17.7. The van der Waals surface area contributed by atoms with Crippen molar-refractivity contribution in [3.05, 3.63) is 42.0 Å². The monoisotopic (exact) mass is 374 g/mol. The Kier molecular flexibility index (Phi) is 8.62. The van der Waals surface area contributed by atoms with Crippen LogP contribution in [0.5, 0.6) is 5.75 Å². The molecule has 0 saturated heterocycles. The summed E-state index contributed by atoms with van der Waals surface area (Å²) in [5.41, 5.74) is 1.10. The van der Waals surface area contributed by atoms with E-state index in [1.165, 1.54) is 0 Å². The highest BCUT2D eigenvalue weighted by molar-refractivity contribution is 6.74. The fourth-order valence-corrected chi connectivity index (χ4v) is 3.46. The molecule has 0 aliphatic heterocycles. The van der Waals surface area contributed by atoms with Crippen LogP contribution in [0.15, 0.2) is 36.4 Å². The number of allylic oxidation sites excluding steroid dienone is 1. The van der Waals surface area contributed by atoms with E-state index in [-0.39, 0.29) is 17.2 Å². The van der Waals surface area contributed by atoms with E-state index in [1.54, 1.807) is 7.11 Å². The Bertz CT molecular complexity index is 606. The van der Waals surface area contributed by atoms with Crippen molar-refractivity contribution in [1.82, 2.24) is 0 Å². The molecular weight excluding hydrogens is 340 g/mol. The number of hydrogen-bond donors (Lipinski definition) is 0. The van der Waals surface area contributed by atoms with Crippen molar-refractivity contribution < 1.29 is 13.9 Å². The number of rotatable bonds is 9. The highest BCUT2D eigenvalue weighted by Crippen LogP contribution is 2.37. The zero-order chi connectivity index (χ0) is 19.8. The minimum atomic E-state index is -1.91. The topological polar surface area (TPSA) is 27.7 Å². The Morgan fingerprint density at radius 3 is 2.27 bits per heavy atom. The smallest absolute Gasteiger partial charge is 0.193 e. The quantitative estimate of drug-likeness (QED) is 0.321. The number of benzene rings is 1. The van der Waals surface area contributed by atoms with Gasteiger partial charge in [0, 0.05) is 6.42 Å². The lowest BCUT2D eigenvalue weighted by Crippen LogP contribution is -2.44. The number of ether oxygens (including phenoxy) is 2. The molecule has 26 heavy (non-hydrogen) atoms. The largest absolute Gasteiger partial charge is 0.497 e. The number of methoxy groups -OCH3 is 1. The van der Waals surface area contributed by atoms with Gasteiger partial charge in [-0.2, -0.15) is 0 Å². The Labute approximate surface area is 160 Å². The van der Waals surface area contributed by atoms with Crippen molar-refractivity contribution in [2.75, 3.05) is 7.11 Å². The molecule has 0 amide bonds. The van der Waals surface area contributed by atoms with Crippen LogP contribution in [0.25, 0.3) is 0 Å². The van der Waals surface area contributed by atoms with Crippen LogP contribution in [0.3, 0.4) is 0 Å². The lowest BCUT2D eigenvalue weighted by molar-refractivity contribution is 0.0455. The standard InChI is InChI=1S/C22H34O3Si/c1-9-11-21(24-17-18-12-14-20(23-6)15-13-18)16-19(10-2)25-26(7,8)22(3,4)5/h2,9,11-15,19,21H,16-17H2,1,3-8H3/b11-9+/t19-,21-/m0/s1. The summed E-state index contributed by atoms with van der Waals surface area (Å²) >= 11 is 0. The van der Waals surface area contributed by atoms with Gasteiger partial charge in [-0.05, 0) is 42.8 Å². The molecule has 0 heterocycles. The van der Waals surface area contributed by atoms with Crippen LogP contribution in [-0.4, -0.2) is 27.6 Å². The van der Waals surface area contributed by atoms with Crippen LogP contribution < -0.4 is 4.74 Å². The van der Waals surface area contributed by atoms with E-state index >= 15 is 0 Å². The van der Waals surface area contributed by atoms with Gasteiger partial charge in [0.1, 0.15) is 11.9 Å². The molecule has 2 atom stereocenters. The summed E-state index contributed by atoms with van der Waals surface area (Å²) in [5.74, 6) is 3.66. The first-order chi connectivity index (χ1) is 12.1. The van der Waals surface area contributed by atoms with E-state index in [1.807, 2.05) is 43.3 Å². The van der Waals surface area contributed by atoms with Crippen LogP contribution in [0.1, 0.15) is 39.7 Å². The van der Waals surface area contributed by atoms with Gasteiger partial charge in [0.05, 0.1) is 19.8 Å². The molecule has 0 spiro atoms. The summed E-state index contributed by atoms with van der Waals surface area (Å²) in [4.78, 5) is 0. The molecule has 1 aromatic carbocycles. The first kappa shape index (κ1) is 22.5. The molecule has 0 saturated carbocycles. The Morgan fingerprint density at radius 2 is 1.81 bits per heavy atom. The maximum absolute atomic E-state index is 6.38. The third-order valence-corrected chi connectivity index (χ3v) is 9.39. The molecule has 0 aliphatic rings. The maximum Gasteiger partial charge on any atom is 0.193 e. The Hall–Kier alpha value is -1.54. The van der Waals surface area contributed by atoms with Gasteiger partial charge < -0.3 is 13.9 Å². The summed E-state index contributed by atoms with van der Waals surface area (Å²) in [7, 11) is -0.250. The first-order valence-electron chi connectivity index (χ1n) is 9.14. The average Bonchev–Trinajstić information content (AvgIpc) is 2.58. The molecule has 0 aliphatic carbocycles. The van der Waals surface area contributed by atoms with Crippen molar-refractivity contribution in [3.63, 3.8) is 0 Å². The first-order valence-corrected chi connectivity index (χ1v) is 12.0. The van der Waals surface area contributed by atoms with Gasteiger partial charge >= 0.3 is 0 Å². The fraction of sp³-hybridized carbons (Fsp3) is 0.545. The molecule has 0 aromatic heterocycles. The molecule has 0 N–H and O–H groups in total. The van der Waals surface area contributed by atoms with Gasteiger partial charge in [0.15, 0.2) is 8.32 Å². The second kappa shape index (κ2) is 9.96. The Morgan fingerprint density at radius 1 is 1.19 bits per heavy atom. The zero-order valence-corrected chi connectivity index (χ0v) is 18.3. The Balaban J connectivity index is 2.71. The van der Waals surface area contributed by atoms with Crippen LogP contribution >= 0.6 is 0 Å². The third-order valence-electron chi connectivity index (χ3n) is 4.91. The minimum Gasteiger partial charge on any atom is -0.497 e. The predicted molar refractivity (Wildman–Crippen MR) is 112 cm³/mol. The van der Waals surface area contributed by atoms with Crippen molar-refractivity contribution in [3.8, 4) is 18.1 Å². The maximum atomic E-state index is 6.38. The second-order valence-corrected chi connectivity index (χ2v) is 12.7. The van der Waals surface area contributed by atoms with Gasteiger partial charge in [-0.25, -0.2) is 0 Å². The van der Waals surface area contributed by atoms with Gasteiger partial charge in [-0.1, -0.05) is 51.0 Å². The van der Waals surface area contributed by atoms with Crippen LogP contribution in [0.4, 0.5) is 0 Å². The molecule has 4 heteroatoms. The second-order valence-electron chi connectivity index (χ2n) is 7.99. The van der Waals surface area contributed by atoms with Crippen LogP contribution in [0, 0.1) is 12.3 Å². The molecule has 0 fully saturated rings. The third kappa shape index (κ3) is 6.99. The SMILES string of the molecule is C#C[C@@H](C[C@H](/C=C/C)OCc1ccc(OC)cc1)O[Si](C)(C)C(C)(C)C. The molecule has 0 radical (unpaired) electrons. The molecule has 0 bridgehead atoms. The lowest BCUT2D eigenvalue weighted by Gasteiger charge is -2.38. The van der Waals surface area contributed by atoms with Gasteiger partial charge in [-0.3, -0.25) is 0 Å². The summed E-state index contributed by atoms with van der Waals surface area (Å²) in [6.07, 6.45) is 10.1. The molecule has 1 rings (SSSR count). The van der Waals surface area contributed by atoms with Crippen molar-refractivity contribution >= 4 is 8.32 Å². The summed E-state index contributed by atoms with van der Waals surface area (Å²) in [6, 6.07) is 7.90. The van der Waals surface area contributed by atoms with Gasteiger partial charge in [-0.15, -0.1) is 6.42 Å². The fourth-order valence-electron chi connectivity index (χ4n) is 2.24. The number of hydrogen-bond acceptors (Lipinski definition) is 3. The molecule has 0 unspecified atom stereocenters. The van der Waals surface area contributed by atoms with Crippen LogP contribution in [-0.2, 0) is 15.8 Å². The van der Waals surface area contributed by atoms with E-state index in [4.69, 9.17) is 20.3 Å². The van der Waals surface area contributed by atoms with Crippen LogP contribution in [0.2, 0.25) is 18.1 Å². The van der Waals surface area contributed by atoms with Crippen molar-refractivity contribution in [2.24, 2.45) is 0 Å². The zero-order valence-electron chi connectivity index (χ0n) is 17.3. The summed E-state index contributed by atoms with van der Waals surface area (Å²) in [5, 5.41) is 0.127. The lowest BCUT2D eigenvalue weighted by atomic mass is 10.1. The predicted octanol–water partition coefficient (Wildman–Crippen LogP) is 5.57. The van der Waals surface area contributed by atoms with Gasteiger partial charge in [0.2, 0.25) is 0 Å². The van der Waals surface area contributed by atoms with E-state index in [0.717, 1.165) is 11.3 Å². The molecule has 1 aromatic rings. The highest BCUT2D eigenvalue weighted by atomic mass is 28.4. The van der Waals surface area contributed by atoms with E-state index in [2.05, 4.69) is 39.8 Å². The van der Waals surface area contributed by atoms with Crippen molar-refractivity contribution in [2.45, 2.75) is 71.1 Å². The molecular formula is C22H34O3Si. The average molecular weight is 375 g/mol. The molecule has 3 nitrogen and oxygen atoms in total. The van der Waals surface area contributed by atoms with Gasteiger partial charge in [0.25, 0.3) is 0 Å². The van der Waals surface area contributed by atoms with E-state index < -0.39 is 8.32 Å². The molecule has 144 valence electrons. The van der Waals surface area contributed by atoms with E-state index in [0.29, 0.717) is 13.0 Å².